The zero-order valence-electron chi connectivity index (χ0n) is 14.0. The Hall–Kier alpha value is -3.03. The topological polar surface area (TPSA) is 65.9 Å². The molecule has 0 saturated heterocycles. The van der Waals surface area contributed by atoms with E-state index in [1.165, 1.54) is 0 Å². The predicted molar refractivity (Wildman–Crippen MR) is 101 cm³/mol. The van der Waals surface area contributed by atoms with Crippen LogP contribution in [0.4, 0.5) is 0 Å². The Morgan fingerprint density at radius 2 is 1.81 bits per heavy atom. The van der Waals surface area contributed by atoms with Crippen molar-refractivity contribution in [3.05, 3.63) is 98.4 Å². The molecular weight excluding hydrogens is 348 g/mol. The molecule has 2 aromatic carbocycles. The number of nitrogens with one attached hydrogen (secondary N) is 1. The standard InChI is InChI=1S/C21H17ClN2O2/c22-18-8-9-20(26-14-15-4-2-1-3-5-15)17(12-18)7-6-16-10-11-24-21(25)19(16)13-23/h1-5,8-12H,6-7,14H2,(H,24,25). The summed E-state index contributed by atoms with van der Waals surface area (Å²) in [6.07, 6.45) is 2.72. The zero-order chi connectivity index (χ0) is 18.4. The summed E-state index contributed by atoms with van der Waals surface area (Å²) in [6, 6.07) is 19.1. The highest BCUT2D eigenvalue weighted by Gasteiger charge is 2.10. The summed E-state index contributed by atoms with van der Waals surface area (Å²) in [4.78, 5) is 14.3. The molecule has 0 unspecified atom stereocenters. The van der Waals surface area contributed by atoms with Crippen LogP contribution in [-0.4, -0.2) is 4.98 Å². The van der Waals surface area contributed by atoms with Gasteiger partial charge in [0.15, 0.2) is 0 Å². The number of aromatic amines is 1. The number of hydrogen-bond acceptors (Lipinski definition) is 3. The van der Waals surface area contributed by atoms with Gasteiger partial charge in [-0.05, 0) is 53.8 Å². The Balaban J connectivity index is 1.77. The van der Waals surface area contributed by atoms with Gasteiger partial charge in [-0.1, -0.05) is 41.9 Å². The highest BCUT2D eigenvalue weighted by molar-refractivity contribution is 6.30. The zero-order valence-corrected chi connectivity index (χ0v) is 14.8. The van der Waals surface area contributed by atoms with Crippen molar-refractivity contribution in [1.29, 1.82) is 5.26 Å². The molecule has 0 saturated carbocycles. The lowest BCUT2D eigenvalue weighted by molar-refractivity contribution is 0.303. The number of rotatable bonds is 6. The van der Waals surface area contributed by atoms with Gasteiger partial charge in [-0.3, -0.25) is 4.79 Å². The van der Waals surface area contributed by atoms with Crippen LogP contribution in [0.2, 0.25) is 5.02 Å². The molecule has 0 amide bonds. The number of aromatic nitrogens is 1. The minimum atomic E-state index is -0.364. The second-order valence-electron chi connectivity index (χ2n) is 5.85. The molecule has 4 nitrogen and oxygen atoms in total. The first-order valence-electron chi connectivity index (χ1n) is 8.23. The first-order valence-corrected chi connectivity index (χ1v) is 8.61. The van der Waals surface area contributed by atoms with Crippen LogP contribution >= 0.6 is 11.6 Å². The second kappa shape index (κ2) is 8.37. The van der Waals surface area contributed by atoms with Gasteiger partial charge in [-0.2, -0.15) is 5.26 Å². The van der Waals surface area contributed by atoms with Crippen molar-refractivity contribution in [3.8, 4) is 11.8 Å². The SMILES string of the molecule is N#Cc1c(CCc2cc(Cl)ccc2OCc2ccccc2)cc[nH]c1=O. The van der Waals surface area contributed by atoms with Crippen LogP contribution in [0, 0.1) is 11.3 Å². The van der Waals surface area contributed by atoms with E-state index in [4.69, 9.17) is 16.3 Å². The van der Waals surface area contributed by atoms with E-state index in [2.05, 4.69) is 4.98 Å². The van der Waals surface area contributed by atoms with Gasteiger partial charge < -0.3 is 9.72 Å². The molecule has 0 fully saturated rings. The van der Waals surface area contributed by atoms with Crippen molar-refractivity contribution in [3.63, 3.8) is 0 Å². The molecule has 0 aliphatic rings. The van der Waals surface area contributed by atoms with E-state index in [1.807, 2.05) is 48.5 Å². The summed E-state index contributed by atoms with van der Waals surface area (Å²) in [7, 11) is 0. The lowest BCUT2D eigenvalue weighted by atomic mass is 10.0. The fraction of sp³-hybridized carbons (Fsp3) is 0.143. The molecule has 0 aliphatic heterocycles. The molecule has 0 spiro atoms. The quantitative estimate of drug-likeness (QED) is 0.710. The van der Waals surface area contributed by atoms with E-state index in [0.29, 0.717) is 30.0 Å². The monoisotopic (exact) mass is 364 g/mol. The molecule has 1 heterocycles. The van der Waals surface area contributed by atoms with E-state index in [9.17, 15) is 10.1 Å². The normalized spacial score (nSPS) is 10.3. The first kappa shape index (κ1) is 17.8. The summed E-state index contributed by atoms with van der Waals surface area (Å²) in [6.45, 7) is 0.462. The molecule has 1 aromatic heterocycles. The summed E-state index contributed by atoms with van der Waals surface area (Å²) in [5, 5.41) is 9.81. The van der Waals surface area contributed by atoms with Crippen molar-refractivity contribution in [2.24, 2.45) is 0 Å². The minimum absolute atomic E-state index is 0.154. The van der Waals surface area contributed by atoms with E-state index < -0.39 is 0 Å². The number of H-pyrrole nitrogens is 1. The maximum absolute atomic E-state index is 11.7. The maximum atomic E-state index is 11.7. The molecule has 26 heavy (non-hydrogen) atoms. The van der Waals surface area contributed by atoms with Crippen LogP contribution in [0.1, 0.15) is 22.3 Å². The van der Waals surface area contributed by atoms with E-state index >= 15 is 0 Å². The molecule has 5 heteroatoms. The Labute approximate surface area is 156 Å². The fourth-order valence-electron chi connectivity index (χ4n) is 2.74. The average molecular weight is 365 g/mol. The Morgan fingerprint density at radius 1 is 1.04 bits per heavy atom. The second-order valence-corrected chi connectivity index (χ2v) is 6.28. The Kier molecular flexibility index (Phi) is 5.73. The predicted octanol–water partition coefficient (Wildman–Crippen LogP) is 4.26. The lowest BCUT2D eigenvalue weighted by Crippen LogP contribution is -2.12. The van der Waals surface area contributed by atoms with Gasteiger partial charge in [0, 0.05) is 11.2 Å². The number of nitriles is 1. The van der Waals surface area contributed by atoms with Crippen molar-refractivity contribution in [2.75, 3.05) is 0 Å². The molecule has 0 bridgehead atoms. The lowest BCUT2D eigenvalue weighted by Gasteiger charge is -2.12. The molecule has 0 aliphatic carbocycles. The van der Waals surface area contributed by atoms with Gasteiger partial charge in [0.25, 0.3) is 5.56 Å². The third kappa shape index (κ3) is 4.33. The summed E-state index contributed by atoms with van der Waals surface area (Å²) < 4.78 is 5.96. The first-order chi connectivity index (χ1) is 12.7. The number of aryl methyl sites for hydroxylation is 2. The molecule has 3 rings (SSSR count). The molecular formula is C21H17ClN2O2. The summed E-state index contributed by atoms with van der Waals surface area (Å²) in [5.74, 6) is 0.751. The van der Waals surface area contributed by atoms with Gasteiger partial charge in [-0.15, -0.1) is 0 Å². The number of ether oxygens (including phenoxy) is 1. The summed E-state index contributed by atoms with van der Waals surface area (Å²) >= 11 is 6.14. The average Bonchev–Trinajstić information content (AvgIpc) is 2.66. The minimum Gasteiger partial charge on any atom is -0.489 e. The number of pyridine rings is 1. The third-order valence-corrected chi connectivity index (χ3v) is 4.32. The van der Waals surface area contributed by atoms with Crippen LogP contribution in [0.15, 0.2) is 65.6 Å². The third-order valence-electron chi connectivity index (χ3n) is 4.08. The van der Waals surface area contributed by atoms with Gasteiger partial charge in [0.1, 0.15) is 24.0 Å². The van der Waals surface area contributed by atoms with Crippen molar-refractivity contribution in [1.82, 2.24) is 4.98 Å². The van der Waals surface area contributed by atoms with Crippen LogP contribution in [0.3, 0.4) is 0 Å². The number of halogens is 1. The van der Waals surface area contributed by atoms with Gasteiger partial charge >= 0.3 is 0 Å². The highest BCUT2D eigenvalue weighted by Crippen LogP contribution is 2.25. The molecule has 130 valence electrons. The smallest absolute Gasteiger partial charge is 0.266 e. The van der Waals surface area contributed by atoms with Gasteiger partial charge in [-0.25, -0.2) is 0 Å². The molecule has 0 radical (unpaired) electrons. The Bertz CT molecular complexity index is 991. The van der Waals surface area contributed by atoms with Crippen LogP contribution in [0.5, 0.6) is 5.75 Å². The number of hydrogen-bond donors (Lipinski definition) is 1. The van der Waals surface area contributed by atoms with Gasteiger partial charge in [0.2, 0.25) is 0 Å². The largest absolute Gasteiger partial charge is 0.489 e. The molecule has 1 N–H and O–H groups in total. The van der Waals surface area contributed by atoms with Crippen LogP contribution in [-0.2, 0) is 19.4 Å². The van der Waals surface area contributed by atoms with Gasteiger partial charge in [0.05, 0.1) is 0 Å². The van der Waals surface area contributed by atoms with E-state index in [0.717, 1.165) is 16.9 Å². The summed E-state index contributed by atoms with van der Waals surface area (Å²) in [5.41, 5.74) is 2.52. The molecule has 3 aromatic rings. The van der Waals surface area contributed by atoms with Crippen molar-refractivity contribution < 1.29 is 4.74 Å². The number of benzene rings is 2. The van der Waals surface area contributed by atoms with Crippen molar-refractivity contribution in [2.45, 2.75) is 19.4 Å². The van der Waals surface area contributed by atoms with Crippen LogP contribution < -0.4 is 10.3 Å². The fourth-order valence-corrected chi connectivity index (χ4v) is 2.93. The Morgan fingerprint density at radius 3 is 2.58 bits per heavy atom. The maximum Gasteiger partial charge on any atom is 0.266 e. The van der Waals surface area contributed by atoms with E-state index in [1.54, 1.807) is 18.3 Å². The van der Waals surface area contributed by atoms with E-state index in [-0.39, 0.29) is 11.1 Å². The van der Waals surface area contributed by atoms with Crippen LogP contribution in [0.25, 0.3) is 0 Å². The van der Waals surface area contributed by atoms with Crippen molar-refractivity contribution >= 4 is 11.6 Å². The molecule has 0 atom stereocenters. The number of nitrogens with zero attached hydrogens (tertiary/aromatic N) is 1. The highest BCUT2D eigenvalue weighted by atomic mass is 35.5.